The highest BCUT2D eigenvalue weighted by atomic mass is 16.5. The van der Waals surface area contributed by atoms with E-state index in [2.05, 4.69) is 15.4 Å². The molecular formula is C10H11N3O4. The van der Waals surface area contributed by atoms with Crippen LogP contribution in [0.4, 0.5) is 0 Å². The van der Waals surface area contributed by atoms with E-state index in [-0.39, 0.29) is 6.42 Å². The highest BCUT2D eigenvalue weighted by Gasteiger charge is 2.12. The molecule has 2 aromatic rings. The van der Waals surface area contributed by atoms with Crippen molar-refractivity contribution in [3.8, 4) is 5.88 Å². The van der Waals surface area contributed by atoms with Gasteiger partial charge in [0.1, 0.15) is 5.76 Å². The quantitative estimate of drug-likeness (QED) is 0.790. The largest absolute Gasteiger partial charge is 0.481 e. The smallest absolute Gasteiger partial charge is 0.309 e. The molecule has 0 spiro atoms. The fourth-order valence-electron chi connectivity index (χ4n) is 1.46. The van der Waals surface area contributed by atoms with Gasteiger partial charge in [-0.2, -0.15) is 5.10 Å². The Balaban J connectivity index is 2.12. The van der Waals surface area contributed by atoms with E-state index in [1.54, 1.807) is 12.3 Å². The number of carboxylic acids is 1. The molecule has 0 atom stereocenters. The van der Waals surface area contributed by atoms with Gasteiger partial charge in [-0.1, -0.05) is 0 Å². The number of hydrogen-bond donors (Lipinski definition) is 2. The third kappa shape index (κ3) is 2.63. The van der Waals surface area contributed by atoms with Gasteiger partial charge in [-0.05, 0) is 5.16 Å². The second-order valence-corrected chi connectivity index (χ2v) is 3.46. The molecule has 2 heterocycles. The van der Waals surface area contributed by atoms with Crippen molar-refractivity contribution in [2.45, 2.75) is 12.8 Å². The lowest BCUT2D eigenvalue weighted by Gasteiger charge is -1.96. The van der Waals surface area contributed by atoms with Gasteiger partial charge in [0.05, 0.1) is 19.7 Å². The van der Waals surface area contributed by atoms with Crippen LogP contribution in [-0.2, 0) is 17.6 Å². The van der Waals surface area contributed by atoms with Gasteiger partial charge < -0.3 is 14.4 Å². The Morgan fingerprint density at radius 1 is 1.65 bits per heavy atom. The van der Waals surface area contributed by atoms with Gasteiger partial charge >= 0.3 is 5.97 Å². The van der Waals surface area contributed by atoms with Crippen LogP contribution in [0.2, 0.25) is 0 Å². The van der Waals surface area contributed by atoms with Crippen LogP contribution in [0.15, 0.2) is 16.8 Å². The van der Waals surface area contributed by atoms with Gasteiger partial charge in [-0.25, -0.2) is 0 Å². The number of aromatic amines is 1. The Bertz CT molecular complexity index is 517. The molecule has 0 saturated heterocycles. The first-order valence-corrected chi connectivity index (χ1v) is 4.91. The molecule has 2 aromatic heterocycles. The first-order valence-electron chi connectivity index (χ1n) is 4.91. The summed E-state index contributed by atoms with van der Waals surface area (Å²) in [5, 5.41) is 18.8. The van der Waals surface area contributed by atoms with Crippen molar-refractivity contribution in [2.24, 2.45) is 0 Å². The number of aliphatic carboxylic acids is 1. The molecular weight excluding hydrogens is 226 g/mol. The number of H-pyrrole nitrogens is 1. The number of methoxy groups -OCH3 is 1. The minimum atomic E-state index is -0.911. The van der Waals surface area contributed by atoms with E-state index < -0.39 is 5.97 Å². The number of ether oxygens (including phenoxy) is 1. The normalized spacial score (nSPS) is 10.4. The third-order valence-corrected chi connectivity index (χ3v) is 2.25. The van der Waals surface area contributed by atoms with Crippen molar-refractivity contribution in [3.05, 3.63) is 29.3 Å². The maximum atomic E-state index is 10.6. The van der Waals surface area contributed by atoms with E-state index in [0.717, 1.165) is 5.56 Å². The second kappa shape index (κ2) is 4.69. The number of hydrogen-bond acceptors (Lipinski definition) is 5. The topological polar surface area (TPSA) is 101 Å². The number of carboxylic acid groups (broad SMARTS) is 1. The zero-order chi connectivity index (χ0) is 12.3. The number of aromatic nitrogens is 3. The zero-order valence-corrected chi connectivity index (χ0v) is 9.14. The highest BCUT2D eigenvalue weighted by molar-refractivity contribution is 5.70. The molecule has 17 heavy (non-hydrogen) atoms. The summed E-state index contributed by atoms with van der Waals surface area (Å²) >= 11 is 0. The molecule has 0 unspecified atom stereocenters. The predicted molar refractivity (Wildman–Crippen MR) is 55.8 cm³/mol. The van der Waals surface area contributed by atoms with Crippen LogP contribution in [0.25, 0.3) is 0 Å². The fraction of sp³-hybridized carbons (Fsp3) is 0.300. The van der Waals surface area contributed by atoms with Crippen molar-refractivity contribution in [3.63, 3.8) is 0 Å². The van der Waals surface area contributed by atoms with Crippen LogP contribution in [0.5, 0.6) is 5.88 Å². The van der Waals surface area contributed by atoms with E-state index in [1.165, 1.54) is 7.11 Å². The van der Waals surface area contributed by atoms with E-state index in [4.69, 9.17) is 14.4 Å². The molecule has 2 rings (SSSR count). The van der Waals surface area contributed by atoms with Crippen LogP contribution in [-0.4, -0.2) is 33.5 Å². The average Bonchev–Trinajstić information content (AvgIpc) is 2.89. The summed E-state index contributed by atoms with van der Waals surface area (Å²) in [6.45, 7) is 0. The molecule has 0 fully saturated rings. The monoisotopic (exact) mass is 237 g/mol. The van der Waals surface area contributed by atoms with E-state index in [1.807, 2.05) is 0 Å². The van der Waals surface area contributed by atoms with Crippen LogP contribution in [0.1, 0.15) is 17.0 Å². The lowest BCUT2D eigenvalue weighted by atomic mass is 10.1. The molecule has 0 aromatic carbocycles. The van der Waals surface area contributed by atoms with Crippen LogP contribution >= 0.6 is 0 Å². The van der Waals surface area contributed by atoms with Crippen molar-refractivity contribution in [2.75, 3.05) is 7.11 Å². The maximum absolute atomic E-state index is 10.6. The molecule has 0 bridgehead atoms. The molecule has 0 aliphatic rings. The van der Waals surface area contributed by atoms with E-state index in [0.29, 0.717) is 23.8 Å². The van der Waals surface area contributed by atoms with Gasteiger partial charge in [0, 0.05) is 23.7 Å². The zero-order valence-electron chi connectivity index (χ0n) is 9.14. The molecule has 7 nitrogen and oxygen atoms in total. The summed E-state index contributed by atoms with van der Waals surface area (Å²) in [5.74, 6) is 0.0730. The van der Waals surface area contributed by atoms with E-state index >= 15 is 0 Å². The molecule has 0 saturated carbocycles. The predicted octanol–water partition coefficient (Wildman–Crippen LogP) is 0.624. The Morgan fingerprint density at radius 2 is 2.47 bits per heavy atom. The summed E-state index contributed by atoms with van der Waals surface area (Å²) in [5.41, 5.74) is 1.33. The molecule has 2 N–H and O–H groups in total. The second-order valence-electron chi connectivity index (χ2n) is 3.46. The Morgan fingerprint density at radius 3 is 3.12 bits per heavy atom. The highest BCUT2D eigenvalue weighted by Crippen LogP contribution is 2.16. The molecule has 90 valence electrons. The summed E-state index contributed by atoms with van der Waals surface area (Å²) in [6.07, 6.45) is 1.91. The number of carbonyl (C=O) groups is 1. The molecule has 7 heteroatoms. The Labute approximate surface area is 96.4 Å². The van der Waals surface area contributed by atoms with Crippen LogP contribution < -0.4 is 4.74 Å². The molecule has 0 aliphatic heterocycles. The van der Waals surface area contributed by atoms with Crippen molar-refractivity contribution in [1.29, 1.82) is 0 Å². The van der Waals surface area contributed by atoms with Gasteiger partial charge in [-0.15, -0.1) is 0 Å². The van der Waals surface area contributed by atoms with E-state index in [9.17, 15) is 4.79 Å². The summed E-state index contributed by atoms with van der Waals surface area (Å²) < 4.78 is 9.91. The first kappa shape index (κ1) is 11.2. The minimum absolute atomic E-state index is 0.0966. The fourth-order valence-corrected chi connectivity index (χ4v) is 1.46. The van der Waals surface area contributed by atoms with Gasteiger partial charge in [0.25, 0.3) is 5.88 Å². The summed E-state index contributed by atoms with van der Waals surface area (Å²) in [7, 11) is 1.50. The van der Waals surface area contributed by atoms with Crippen molar-refractivity contribution in [1.82, 2.24) is 15.4 Å². The summed E-state index contributed by atoms with van der Waals surface area (Å²) in [6, 6.07) is 1.65. The Kier molecular flexibility index (Phi) is 3.08. The third-order valence-electron chi connectivity index (χ3n) is 2.25. The van der Waals surface area contributed by atoms with Gasteiger partial charge in [0.15, 0.2) is 0 Å². The SMILES string of the molecule is COc1cc(Cc2cn[nH]c2CC(=O)O)on1. The number of nitrogens with zero attached hydrogens (tertiary/aromatic N) is 2. The van der Waals surface area contributed by atoms with Crippen molar-refractivity contribution >= 4 is 5.97 Å². The van der Waals surface area contributed by atoms with Crippen LogP contribution in [0.3, 0.4) is 0 Å². The molecule has 0 radical (unpaired) electrons. The number of nitrogens with one attached hydrogen (secondary N) is 1. The molecule has 0 amide bonds. The number of rotatable bonds is 5. The first-order chi connectivity index (χ1) is 8.19. The van der Waals surface area contributed by atoms with Gasteiger partial charge in [0.2, 0.25) is 0 Å². The van der Waals surface area contributed by atoms with Gasteiger partial charge in [-0.3, -0.25) is 9.89 Å². The Hall–Kier alpha value is -2.31. The lowest BCUT2D eigenvalue weighted by Crippen LogP contribution is -2.03. The lowest BCUT2D eigenvalue weighted by molar-refractivity contribution is -0.136. The van der Waals surface area contributed by atoms with Crippen LogP contribution in [0, 0.1) is 0 Å². The van der Waals surface area contributed by atoms with Crippen molar-refractivity contribution < 1.29 is 19.2 Å². The average molecular weight is 237 g/mol. The molecule has 0 aliphatic carbocycles. The summed E-state index contributed by atoms with van der Waals surface area (Å²) in [4.78, 5) is 10.6. The minimum Gasteiger partial charge on any atom is -0.481 e. The maximum Gasteiger partial charge on any atom is 0.309 e. The standard InChI is InChI=1S/C10H11N3O4/c1-16-9-3-7(17-13-9)2-6-5-11-12-8(6)4-10(14)15/h3,5H,2,4H2,1H3,(H,11,12)(H,14,15).